The largest absolute Gasteiger partial charge is 0.380 e. The van der Waals surface area contributed by atoms with Crippen LogP contribution >= 0.6 is 0 Å². The van der Waals surface area contributed by atoms with Crippen LogP contribution in [-0.4, -0.2) is 36.2 Å². The maximum absolute atomic E-state index is 5.49. The van der Waals surface area contributed by atoms with Crippen molar-refractivity contribution < 1.29 is 4.74 Å². The smallest absolute Gasteiger partial charge is 0.0698 e. The molecule has 1 unspecified atom stereocenters. The van der Waals surface area contributed by atoms with Gasteiger partial charge in [0.2, 0.25) is 0 Å². The third-order valence-electron chi connectivity index (χ3n) is 4.15. The van der Waals surface area contributed by atoms with E-state index in [4.69, 9.17) is 4.74 Å². The zero-order valence-electron chi connectivity index (χ0n) is 12.5. The van der Waals surface area contributed by atoms with Crippen molar-refractivity contribution in [3.05, 3.63) is 54.4 Å². The van der Waals surface area contributed by atoms with Crippen molar-refractivity contribution in [3.63, 3.8) is 0 Å². The van der Waals surface area contributed by atoms with Crippen molar-refractivity contribution in [1.82, 2.24) is 9.88 Å². The van der Waals surface area contributed by atoms with Gasteiger partial charge in [0, 0.05) is 32.6 Å². The molecule has 0 saturated carbocycles. The van der Waals surface area contributed by atoms with Crippen LogP contribution in [0.1, 0.15) is 18.4 Å². The van der Waals surface area contributed by atoms with E-state index in [1.54, 1.807) is 6.20 Å². The molecule has 1 aliphatic rings. The average molecular weight is 282 g/mol. The number of methoxy groups -OCH3 is 1. The maximum Gasteiger partial charge on any atom is 0.0698 e. The quantitative estimate of drug-likeness (QED) is 0.860. The van der Waals surface area contributed by atoms with Crippen LogP contribution in [0.4, 0.5) is 0 Å². The van der Waals surface area contributed by atoms with Gasteiger partial charge in [-0.15, -0.1) is 0 Å². The Bertz CT molecular complexity index is 553. The molecule has 2 heterocycles. The molecule has 0 N–H and O–H groups in total. The minimum atomic E-state index is 0.397. The molecule has 1 aromatic carbocycles. The summed E-state index contributed by atoms with van der Waals surface area (Å²) in [6.07, 6.45) is 6.52. The van der Waals surface area contributed by atoms with Crippen molar-refractivity contribution in [3.8, 4) is 11.1 Å². The van der Waals surface area contributed by atoms with E-state index in [1.165, 1.54) is 36.1 Å². The Hall–Kier alpha value is -1.71. The SMILES string of the molecule is COC1CCCN(Cc2ccc(-c3cccnc3)cc2)C1. The number of likely N-dealkylation sites (tertiary alicyclic amines) is 1. The van der Waals surface area contributed by atoms with Crippen LogP contribution in [-0.2, 0) is 11.3 Å². The minimum absolute atomic E-state index is 0.397. The first-order valence-corrected chi connectivity index (χ1v) is 7.59. The van der Waals surface area contributed by atoms with E-state index in [0.29, 0.717) is 6.10 Å². The molecule has 0 spiro atoms. The second-order valence-corrected chi connectivity index (χ2v) is 5.67. The molecule has 1 aliphatic heterocycles. The molecule has 3 heteroatoms. The normalized spacial score (nSPS) is 19.6. The van der Waals surface area contributed by atoms with Crippen molar-refractivity contribution in [1.29, 1.82) is 0 Å². The fraction of sp³-hybridized carbons (Fsp3) is 0.389. The molecule has 3 nitrogen and oxygen atoms in total. The molecule has 110 valence electrons. The molecular weight excluding hydrogens is 260 g/mol. The van der Waals surface area contributed by atoms with E-state index in [9.17, 15) is 0 Å². The maximum atomic E-state index is 5.49. The third kappa shape index (κ3) is 3.69. The lowest BCUT2D eigenvalue weighted by Crippen LogP contribution is -2.38. The van der Waals surface area contributed by atoms with E-state index < -0.39 is 0 Å². The number of piperidine rings is 1. The predicted octanol–water partition coefficient (Wildman–Crippen LogP) is 3.36. The number of hydrogen-bond acceptors (Lipinski definition) is 3. The average Bonchev–Trinajstić information content (AvgIpc) is 2.56. The van der Waals surface area contributed by atoms with E-state index in [-0.39, 0.29) is 0 Å². The first kappa shape index (κ1) is 14.2. The molecule has 1 fully saturated rings. The topological polar surface area (TPSA) is 25.4 Å². The van der Waals surface area contributed by atoms with Gasteiger partial charge in [-0.25, -0.2) is 0 Å². The van der Waals surface area contributed by atoms with E-state index >= 15 is 0 Å². The summed E-state index contributed by atoms with van der Waals surface area (Å²) in [4.78, 5) is 6.66. The number of aromatic nitrogens is 1. The molecule has 3 rings (SSSR count). The summed E-state index contributed by atoms with van der Waals surface area (Å²) in [6.45, 7) is 3.22. The Morgan fingerprint density at radius 3 is 2.76 bits per heavy atom. The lowest BCUT2D eigenvalue weighted by molar-refractivity contribution is 0.0285. The second kappa shape index (κ2) is 6.83. The first-order chi connectivity index (χ1) is 10.3. The van der Waals surface area contributed by atoms with Crippen molar-refractivity contribution >= 4 is 0 Å². The highest BCUT2D eigenvalue weighted by Crippen LogP contribution is 2.20. The van der Waals surface area contributed by atoms with Gasteiger partial charge in [-0.1, -0.05) is 30.3 Å². The Morgan fingerprint density at radius 1 is 1.19 bits per heavy atom. The van der Waals surface area contributed by atoms with Crippen LogP contribution in [0.5, 0.6) is 0 Å². The number of rotatable bonds is 4. The number of hydrogen-bond donors (Lipinski definition) is 0. The Balaban J connectivity index is 1.65. The van der Waals surface area contributed by atoms with Crippen LogP contribution in [0, 0.1) is 0 Å². The van der Waals surface area contributed by atoms with Crippen molar-refractivity contribution in [2.75, 3.05) is 20.2 Å². The summed E-state index contributed by atoms with van der Waals surface area (Å²) in [5.41, 5.74) is 3.75. The summed E-state index contributed by atoms with van der Waals surface area (Å²) in [7, 11) is 1.82. The molecule has 1 saturated heterocycles. The van der Waals surface area contributed by atoms with Crippen molar-refractivity contribution in [2.24, 2.45) is 0 Å². The van der Waals surface area contributed by atoms with Gasteiger partial charge in [0.1, 0.15) is 0 Å². The van der Waals surface area contributed by atoms with Crippen LogP contribution < -0.4 is 0 Å². The van der Waals surface area contributed by atoms with E-state index in [0.717, 1.165) is 13.1 Å². The first-order valence-electron chi connectivity index (χ1n) is 7.59. The molecule has 0 bridgehead atoms. The summed E-state index contributed by atoms with van der Waals surface area (Å²) in [6, 6.07) is 12.9. The fourth-order valence-corrected chi connectivity index (χ4v) is 2.94. The van der Waals surface area contributed by atoms with E-state index in [1.807, 2.05) is 19.4 Å². The molecule has 2 aromatic rings. The van der Waals surface area contributed by atoms with Gasteiger partial charge in [0.05, 0.1) is 6.10 Å². The molecule has 0 aliphatic carbocycles. The van der Waals surface area contributed by atoms with Gasteiger partial charge >= 0.3 is 0 Å². The van der Waals surface area contributed by atoms with Crippen LogP contribution in [0.2, 0.25) is 0 Å². The van der Waals surface area contributed by atoms with Gasteiger partial charge in [0.15, 0.2) is 0 Å². The molecule has 0 radical (unpaired) electrons. The number of pyridine rings is 1. The third-order valence-corrected chi connectivity index (χ3v) is 4.15. The monoisotopic (exact) mass is 282 g/mol. The van der Waals surface area contributed by atoms with Gasteiger partial charge < -0.3 is 4.74 Å². The molecule has 1 atom stereocenters. The zero-order valence-corrected chi connectivity index (χ0v) is 12.5. The minimum Gasteiger partial charge on any atom is -0.380 e. The second-order valence-electron chi connectivity index (χ2n) is 5.67. The summed E-state index contributed by atoms with van der Waals surface area (Å²) in [5, 5.41) is 0. The number of nitrogens with zero attached hydrogens (tertiary/aromatic N) is 2. The van der Waals surface area contributed by atoms with E-state index in [2.05, 4.69) is 40.2 Å². The van der Waals surface area contributed by atoms with Gasteiger partial charge in [-0.3, -0.25) is 9.88 Å². The Labute approximate surface area is 126 Å². The standard InChI is InChI=1S/C18H22N2O/c1-21-18-5-3-11-20(14-18)13-15-6-8-16(9-7-15)17-4-2-10-19-12-17/h2,4,6-10,12,18H,3,5,11,13-14H2,1H3. The van der Waals surface area contributed by atoms with Gasteiger partial charge in [-0.2, -0.15) is 0 Å². The van der Waals surface area contributed by atoms with Gasteiger partial charge in [-0.05, 0) is 42.1 Å². The van der Waals surface area contributed by atoms with Crippen LogP contribution in [0.15, 0.2) is 48.8 Å². The highest BCUT2D eigenvalue weighted by molar-refractivity contribution is 5.62. The zero-order chi connectivity index (χ0) is 14.5. The number of benzene rings is 1. The van der Waals surface area contributed by atoms with Crippen LogP contribution in [0.25, 0.3) is 11.1 Å². The lowest BCUT2D eigenvalue weighted by atomic mass is 10.0. The molecular formula is C18H22N2O. The van der Waals surface area contributed by atoms with Crippen molar-refractivity contribution in [2.45, 2.75) is 25.5 Å². The highest BCUT2D eigenvalue weighted by atomic mass is 16.5. The summed E-state index contributed by atoms with van der Waals surface area (Å²) >= 11 is 0. The Morgan fingerprint density at radius 2 is 2.05 bits per heavy atom. The molecule has 1 aromatic heterocycles. The number of ether oxygens (including phenoxy) is 1. The van der Waals surface area contributed by atoms with Crippen LogP contribution in [0.3, 0.4) is 0 Å². The highest BCUT2D eigenvalue weighted by Gasteiger charge is 2.19. The molecule has 0 amide bonds. The lowest BCUT2D eigenvalue weighted by Gasteiger charge is -2.31. The summed E-state index contributed by atoms with van der Waals surface area (Å²) in [5.74, 6) is 0. The Kier molecular flexibility index (Phi) is 4.63. The summed E-state index contributed by atoms with van der Waals surface area (Å²) < 4.78 is 5.49. The predicted molar refractivity (Wildman–Crippen MR) is 85.0 cm³/mol. The molecule has 21 heavy (non-hydrogen) atoms. The fourth-order valence-electron chi connectivity index (χ4n) is 2.94. The van der Waals surface area contributed by atoms with Gasteiger partial charge in [0.25, 0.3) is 0 Å².